The molecule has 0 radical (unpaired) electrons. The maximum Gasteiger partial charge on any atom is 0.258 e. The van der Waals surface area contributed by atoms with E-state index < -0.39 is 0 Å². The number of benzene rings is 2. The summed E-state index contributed by atoms with van der Waals surface area (Å²) in [4.78, 5) is 13.6. The summed E-state index contributed by atoms with van der Waals surface area (Å²) in [5.41, 5.74) is 1.89. The SMILES string of the molecule is Cc1cc(OCC(=O)NC[C@H](c2ccc(F)cc2)[NH+]2CCOCC2)ccc1Cl. The van der Waals surface area contributed by atoms with Crippen LogP contribution in [0.15, 0.2) is 42.5 Å². The number of quaternary nitrogens is 1. The first-order valence-electron chi connectivity index (χ1n) is 9.36. The number of rotatable bonds is 7. The number of amides is 1. The molecule has 2 aromatic rings. The van der Waals surface area contributed by atoms with Gasteiger partial charge >= 0.3 is 0 Å². The largest absolute Gasteiger partial charge is 0.484 e. The predicted molar refractivity (Wildman–Crippen MR) is 105 cm³/mol. The lowest BCUT2D eigenvalue weighted by atomic mass is 10.0. The number of nitrogens with one attached hydrogen (secondary N) is 2. The van der Waals surface area contributed by atoms with Crippen LogP contribution in [0.2, 0.25) is 5.02 Å². The van der Waals surface area contributed by atoms with Gasteiger partial charge in [-0.3, -0.25) is 4.79 Å². The molecule has 5 nitrogen and oxygen atoms in total. The third-order valence-corrected chi connectivity index (χ3v) is 5.33. The van der Waals surface area contributed by atoms with Crippen molar-refractivity contribution in [1.82, 2.24) is 5.32 Å². The van der Waals surface area contributed by atoms with Crippen LogP contribution in [0.5, 0.6) is 5.75 Å². The predicted octanol–water partition coefficient (Wildman–Crippen LogP) is 1.94. The molecule has 1 aliphatic rings. The van der Waals surface area contributed by atoms with E-state index in [1.807, 2.05) is 6.92 Å². The molecular weight excluding hydrogens is 383 g/mol. The van der Waals surface area contributed by atoms with Crippen molar-refractivity contribution in [3.8, 4) is 5.75 Å². The van der Waals surface area contributed by atoms with E-state index in [2.05, 4.69) is 5.32 Å². The van der Waals surface area contributed by atoms with Gasteiger partial charge in [-0.05, 0) is 42.8 Å². The van der Waals surface area contributed by atoms with Gasteiger partial charge in [0, 0.05) is 10.6 Å². The molecular formula is C21H25ClFN2O3+. The second-order valence-electron chi connectivity index (χ2n) is 6.88. The average Bonchev–Trinajstić information content (AvgIpc) is 2.71. The minimum atomic E-state index is -0.268. The highest BCUT2D eigenvalue weighted by Crippen LogP contribution is 2.20. The lowest BCUT2D eigenvalue weighted by Gasteiger charge is -2.32. The Balaban J connectivity index is 1.58. The van der Waals surface area contributed by atoms with Gasteiger partial charge in [-0.15, -0.1) is 0 Å². The van der Waals surface area contributed by atoms with Crippen LogP contribution in [0.25, 0.3) is 0 Å². The van der Waals surface area contributed by atoms with E-state index in [1.165, 1.54) is 17.0 Å². The average molecular weight is 408 g/mol. The van der Waals surface area contributed by atoms with Crippen molar-refractivity contribution in [3.05, 3.63) is 64.4 Å². The second-order valence-corrected chi connectivity index (χ2v) is 7.29. The first-order valence-corrected chi connectivity index (χ1v) is 9.74. The van der Waals surface area contributed by atoms with E-state index in [1.54, 1.807) is 30.3 Å². The fourth-order valence-corrected chi connectivity index (χ4v) is 3.42. The molecule has 1 aliphatic heterocycles. The number of morpholine rings is 1. The summed E-state index contributed by atoms with van der Waals surface area (Å²) in [5.74, 6) is 0.133. The van der Waals surface area contributed by atoms with E-state index in [0.717, 1.165) is 24.2 Å². The van der Waals surface area contributed by atoms with Crippen molar-refractivity contribution >= 4 is 17.5 Å². The van der Waals surface area contributed by atoms with Crippen molar-refractivity contribution in [1.29, 1.82) is 0 Å². The Labute approximate surface area is 169 Å². The molecule has 1 atom stereocenters. The highest BCUT2D eigenvalue weighted by Gasteiger charge is 2.27. The zero-order valence-corrected chi connectivity index (χ0v) is 16.6. The third kappa shape index (κ3) is 5.67. The van der Waals surface area contributed by atoms with Crippen molar-refractivity contribution in [2.45, 2.75) is 13.0 Å². The number of ether oxygens (including phenoxy) is 2. The normalized spacial score (nSPS) is 15.8. The summed E-state index contributed by atoms with van der Waals surface area (Å²) in [6, 6.07) is 11.8. The molecule has 2 N–H and O–H groups in total. The van der Waals surface area contributed by atoms with Gasteiger partial charge in [0.2, 0.25) is 0 Å². The van der Waals surface area contributed by atoms with Crippen LogP contribution < -0.4 is 15.0 Å². The molecule has 3 rings (SSSR count). The molecule has 0 aliphatic carbocycles. The number of hydrogen-bond donors (Lipinski definition) is 2. The first-order chi connectivity index (χ1) is 13.5. The summed E-state index contributed by atoms with van der Waals surface area (Å²) in [6.07, 6.45) is 0. The molecule has 150 valence electrons. The Hall–Kier alpha value is -2.15. The number of hydrogen-bond acceptors (Lipinski definition) is 3. The summed E-state index contributed by atoms with van der Waals surface area (Å²) >= 11 is 6.00. The van der Waals surface area contributed by atoms with Gasteiger partial charge in [0.05, 0.1) is 19.8 Å². The minimum absolute atomic E-state index is 0.0335. The van der Waals surface area contributed by atoms with Crippen LogP contribution >= 0.6 is 11.6 Å². The van der Waals surface area contributed by atoms with Crippen LogP contribution in [0.3, 0.4) is 0 Å². The Kier molecular flexibility index (Phi) is 7.25. The van der Waals surface area contributed by atoms with E-state index in [9.17, 15) is 9.18 Å². The number of carbonyl (C=O) groups excluding carboxylic acids is 1. The van der Waals surface area contributed by atoms with Gasteiger partial charge in [-0.2, -0.15) is 0 Å². The standard InChI is InChI=1S/C21H24ClFN2O3/c1-15-12-18(6-7-19(15)22)28-14-21(26)24-13-20(25-8-10-27-11-9-25)16-2-4-17(23)5-3-16/h2-7,12,20H,8-11,13-14H2,1H3,(H,24,26)/p+1/t20-/m1/s1. The molecule has 0 unspecified atom stereocenters. The van der Waals surface area contributed by atoms with Gasteiger partial charge in [0.15, 0.2) is 6.61 Å². The molecule has 1 heterocycles. The fraction of sp³-hybridized carbons (Fsp3) is 0.381. The molecule has 2 aromatic carbocycles. The number of halogens is 2. The highest BCUT2D eigenvalue weighted by atomic mass is 35.5. The van der Waals surface area contributed by atoms with E-state index >= 15 is 0 Å². The van der Waals surface area contributed by atoms with Crippen molar-refractivity contribution in [2.24, 2.45) is 0 Å². The summed E-state index contributed by atoms with van der Waals surface area (Å²) in [5, 5.41) is 3.60. The van der Waals surface area contributed by atoms with E-state index in [4.69, 9.17) is 21.1 Å². The van der Waals surface area contributed by atoms with Crippen molar-refractivity contribution in [2.75, 3.05) is 39.5 Å². The third-order valence-electron chi connectivity index (χ3n) is 4.90. The zero-order chi connectivity index (χ0) is 19.9. The number of carbonyl (C=O) groups is 1. The lowest BCUT2D eigenvalue weighted by molar-refractivity contribution is -0.937. The van der Waals surface area contributed by atoms with Crippen LogP contribution in [0.1, 0.15) is 17.2 Å². The van der Waals surface area contributed by atoms with Crippen LogP contribution in [0.4, 0.5) is 4.39 Å². The van der Waals surface area contributed by atoms with Crippen molar-refractivity contribution in [3.63, 3.8) is 0 Å². The smallest absolute Gasteiger partial charge is 0.258 e. The molecule has 1 saturated heterocycles. The Morgan fingerprint density at radius 3 is 2.64 bits per heavy atom. The summed E-state index contributed by atoms with van der Waals surface area (Å²) in [6.45, 7) is 5.31. The van der Waals surface area contributed by atoms with E-state index in [-0.39, 0.29) is 24.4 Å². The van der Waals surface area contributed by atoms with Gasteiger partial charge < -0.3 is 19.7 Å². The Morgan fingerprint density at radius 1 is 1.25 bits per heavy atom. The first kappa shape index (κ1) is 20.6. The summed E-state index contributed by atoms with van der Waals surface area (Å²) < 4.78 is 24.3. The molecule has 0 bridgehead atoms. The van der Waals surface area contributed by atoms with Crippen molar-refractivity contribution < 1.29 is 23.6 Å². The highest BCUT2D eigenvalue weighted by molar-refractivity contribution is 6.31. The van der Waals surface area contributed by atoms with Gasteiger partial charge in [0.1, 0.15) is 30.7 Å². The Morgan fingerprint density at radius 2 is 1.96 bits per heavy atom. The quantitative estimate of drug-likeness (QED) is 0.737. The molecule has 7 heteroatoms. The maximum absolute atomic E-state index is 13.3. The minimum Gasteiger partial charge on any atom is -0.484 e. The zero-order valence-electron chi connectivity index (χ0n) is 15.8. The molecule has 0 aromatic heterocycles. The Bertz CT molecular complexity index is 795. The fourth-order valence-electron chi connectivity index (χ4n) is 3.30. The topological polar surface area (TPSA) is 52.0 Å². The second kappa shape index (κ2) is 9.87. The molecule has 28 heavy (non-hydrogen) atoms. The van der Waals surface area contributed by atoms with E-state index in [0.29, 0.717) is 30.5 Å². The maximum atomic E-state index is 13.3. The summed E-state index contributed by atoms with van der Waals surface area (Å²) in [7, 11) is 0. The molecule has 0 saturated carbocycles. The molecule has 1 amide bonds. The monoisotopic (exact) mass is 407 g/mol. The van der Waals surface area contributed by atoms with Crippen LogP contribution in [-0.2, 0) is 9.53 Å². The van der Waals surface area contributed by atoms with Crippen LogP contribution in [0, 0.1) is 12.7 Å². The van der Waals surface area contributed by atoms with Gasteiger partial charge in [-0.25, -0.2) is 4.39 Å². The lowest BCUT2D eigenvalue weighted by Crippen LogP contribution is -3.15. The van der Waals surface area contributed by atoms with Crippen LogP contribution in [-0.4, -0.2) is 45.4 Å². The van der Waals surface area contributed by atoms with Gasteiger partial charge in [-0.1, -0.05) is 23.7 Å². The van der Waals surface area contributed by atoms with Gasteiger partial charge in [0.25, 0.3) is 5.91 Å². The number of aryl methyl sites for hydroxylation is 1. The molecule has 1 fully saturated rings. The molecule has 0 spiro atoms.